The number of Topliss-reactive ketones (excluding diaryl/α,β-unsaturated/α-hetero) is 2. The van der Waals surface area contributed by atoms with Gasteiger partial charge in [-0.2, -0.15) is 0 Å². The van der Waals surface area contributed by atoms with Crippen molar-refractivity contribution in [3.05, 3.63) is 94.1 Å². The molecule has 4 aliphatic rings. The third kappa shape index (κ3) is 4.30. The lowest BCUT2D eigenvalue weighted by Crippen LogP contribution is -2.39. The monoisotopic (exact) mass is 551 g/mol. The third-order valence-corrected chi connectivity index (χ3v) is 8.67. The first-order valence-corrected chi connectivity index (χ1v) is 13.7. The van der Waals surface area contributed by atoms with Crippen LogP contribution >= 0.6 is 0 Å². The molecule has 6 rings (SSSR count). The maximum Gasteiger partial charge on any atom is 0.238 e. The number of aliphatic hydroxyl groups is 1. The standard InChI is InChI=1S/C33H29NO7/c1-17-15-27(37)26-16-25-23(28(30(26)31(17)38)20-5-9-22(10-6-20)41-14-13-35)11-12-24-29(25)33(40)34(32(24)39)21-7-3-19(4-8-21)18(2)36/h3-11,15,24-25,28-29,35H,12-14,16H2,1-2H3. The van der Waals surface area contributed by atoms with Gasteiger partial charge in [-0.05, 0) is 80.6 Å². The van der Waals surface area contributed by atoms with Gasteiger partial charge in [-0.3, -0.25) is 28.9 Å². The van der Waals surface area contributed by atoms with Crippen molar-refractivity contribution < 1.29 is 33.8 Å². The van der Waals surface area contributed by atoms with Gasteiger partial charge in [0.2, 0.25) is 11.8 Å². The molecule has 1 aliphatic heterocycles. The van der Waals surface area contributed by atoms with Gasteiger partial charge in [0, 0.05) is 28.2 Å². The van der Waals surface area contributed by atoms with Gasteiger partial charge in [0.15, 0.2) is 17.3 Å². The van der Waals surface area contributed by atoms with E-state index in [0.717, 1.165) is 11.1 Å². The second-order valence-corrected chi connectivity index (χ2v) is 11.0. The van der Waals surface area contributed by atoms with Crippen molar-refractivity contribution in [1.29, 1.82) is 0 Å². The molecule has 1 heterocycles. The van der Waals surface area contributed by atoms with Gasteiger partial charge in [0.25, 0.3) is 0 Å². The molecular formula is C33H29NO7. The van der Waals surface area contributed by atoms with Gasteiger partial charge in [-0.1, -0.05) is 23.8 Å². The lowest BCUT2D eigenvalue weighted by Gasteiger charge is -2.42. The number of ether oxygens (including phenoxy) is 1. The summed E-state index contributed by atoms with van der Waals surface area (Å²) in [6, 6.07) is 13.6. The molecule has 8 heteroatoms. The zero-order chi connectivity index (χ0) is 29.0. The molecule has 4 atom stereocenters. The highest BCUT2D eigenvalue weighted by Crippen LogP contribution is 2.55. The van der Waals surface area contributed by atoms with Crippen molar-refractivity contribution in [3.63, 3.8) is 0 Å². The number of anilines is 1. The summed E-state index contributed by atoms with van der Waals surface area (Å²) in [6.07, 6.45) is 3.90. The summed E-state index contributed by atoms with van der Waals surface area (Å²) in [4.78, 5) is 67.3. The Morgan fingerprint density at radius 1 is 0.976 bits per heavy atom. The van der Waals surface area contributed by atoms with Crippen molar-refractivity contribution in [2.75, 3.05) is 18.1 Å². The minimum Gasteiger partial charge on any atom is -0.491 e. The molecule has 2 amide bonds. The number of ketones is 3. The fourth-order valence-corrected chi connectivity index (χ4v) is 6.76. The van der Waals surface area contributed by atoms with Crippen LogP contribution in [0.3, 0.4) is 0 Å². The quantitative estimate of drug-likeness (QED) is 0.250. The van der Waals surface area contributed by atoms with E-state index in [1.165, 1.54) is 17.9 Å². The SMILES string of the molecule is CC(=O)c1ccc(N2C(=O)C3CC=C4C(c5ccc(OCCO)cc5)C5=C(CC4C3C2=O)C(=O)C=C(C)C5=O)cc1. The largest absolute Gasteiger partial charge is 0.491 e. The summed E-state index contributed by atoms with van der Waals surface area (Å²) in [5.41, 5.74) is 3.77. The molecule has 4 unspecified atom stereocenters. The number of hydrogen-bond acceptors (Lipinski definition) is 7. The number of benzene rings is 2. The maximum atomic E-state index is 14.0. The molecule has 0 radical (unpaired) electrons. The van der Waals surface area contributed by atoms with Crippen LogP contribution in [0.2, 0.25) is 0 Å². The first-order valence-electron chi connectivity index (χ1n) is 13.7. The Kier molecular flexibility index (Phi) is 6.66. The van der Waals surface area contributed by atoms with Crippen LogP contribution in [0.5, 0.6) is 5.75 Å². The van der Waals surface area contributed by atoms with E-state index in [0.29, 0.717) is 40.1 Å². The van der Waals surface area contributed by atoms with Crippen LogP contribution in [0.25, 0.3) is 0 Å². The lowest BCUT2D eigenvalue weighted by molar-refractivity contribution is -0.123. The smallest absolute Gasteiger partial charge is 0.238 e. The van der Waals surface area contributed by atoms with E-state index >= 15 is 0 Å². The maximum absolute atomic E-state index is 14.0. The molecule has 1 fully saturated rings. The van der Waals surface area contributed by atoms with Crippen LogP contribution in [0.15, 0.2) is 83.0 Å². The molecule has 1 N–H and O–H groups in total. The van der Waals surface area contributed by atoms with Gasteiger partial charge in [-0.15, -0.1) is 0 Å². The number of carbonyl (C=O) groups excluding carboxylic acids is 5. The van der Waals surface area contributed by atoms with Gasteiger partial charge in [0.05, 0.1) is 24.1 Å². The number of nitrogens with zero attached hydrogens (tertiary/aromatic N) is 1. The molecule has 0 spiro atoms. The van der Waals surface area contributed by atoms with Gasteiger partial charge in [-0.25, -0.2) is 0 Å². The number of fused-ring (bicyclic) bond motifs is 3. The summed E-state index contributed by atoms with van der Waals surface area (Å²) in [5, 5.41) is 9.08. The van der Waals surface area contributed by atoms with Crippen molar-refractivity contribution in [2.45, 2.75) is 32.6 Å². The van der Waals surface area contributed by atoms with Crippen molar-refractivity contribution in [1.82, 2.24) is 0 Å². The molecule has 208 valence electrons. The highest BCUT2D eigenvalue weighted by atomic mass is 16.5. The van der Waals surface area contributed by atoms with E-state index in [1.54, 1.807) is 43.3 Å². The van der Waals surface area contributed by atoms with Crippen LogP contribution < -0.4 is 9.64 Å². The Balaban J connectivity index is 1.41. The highest BCUT2D eigenvalue weighted by molar-refractivity contribution is 6.25. The molecule has 1 saturated heterocycles. The second kappa shape index (κ2) is 10.2. The Hall–Kier alpha value is -4.43. The Bertz CT molecular complexity index is 1590. The van der Waals surface area contributed by atoms with E-state index in [2.05, 4.69) is 0 Å². The average molecular weight is 552 g/mol. The van der Waals surface area contributed by atoms with Gasteiger partial charge < -0.3 is 9.84 Å². The lowest BCUT2D eigenvalue weighted by atomic mass is 9.59. The van der Waals surface area contributed by atoms with Crippen LogP contribution in [0, 0.1) is 17.8 Å². The Morgan fingerprint density at radius 2 is 1.68 bits per heavy atom. The van der Waals surface area contributed by atoms with E-state index in [-0.39, 0.29) is 48.8 Å². The predicted molar refractivity (Wildman–Crippen MR) is 149 cm³/mol. The number of hydrogen-bond donors (Lipinski definition) is 1. The minimum atomic E-state index is -0.673. The molecule has 2 aromatic carbocycles. The number of amides is 2. The molecule has 2 aromatic rings. The van der Waals surface area contributed by atoms with Gasteiger partial charge >= 0.3 is 0 Å². The third-order valence-electron chi connectivity index (χ3n) is 8.67. The van der Waals surface area contributed by atoms with Crippen molar-refractivity contribution >= 4 is 34.9 Å². The van der Waals surface area contributed by atoms with Crippen LogP contribution in [-0.2, 0) is 19.2 Å². The second-order valence-electron chi connectivity index (χ2n) is 11.0. The summed E-state index contributed by atoms with van der Waals surface area (Å²) in [7, 11) is 0. The average Bonchev–Trinajstić information content (AvgIpc) is 3.23. The van der Waals surface area contributed by atoms with Crippen LogP contribution in [0.4, 0.5) is 5.69 Å². The zero-order valence-electron chi connectivity index (χ0n) is 22.8. The number of aliphatic hydroxyl groups excluding tert-OH is 1. The number of allylic oxidation sites excluding steroid dienone is 6. The molecule has 8 nitrogen and oxygen atoms in total. The van der Waals surface area contributed by atoms with Crippen LogP contribution in [-0.4, -0.2) is 47.5 Å². The minimum absolute atomic E-state index is 0.112. The first kappa shape index (κ1) is 26.8. The normalized spacial score (nSPS) is 25.4. The van der Waals surface area contributed by atoms with E-state index in [4.69, 9.17) is 9.84 Å². The summed E-state index contributed by atoms with van der Waals surface area (Å²) in [6.45, 7) is 3.12. The molecular weight excluding hydrogens is 522 g/mol. The number of carbonyl (C=O) groups is 5. The highest BCUT2D eigenvalue weighted by Gasteiger charge is 2.56. The zero-order valence-corrected chi connectivity index (χ0v) is 22.8. The predicted octanol–water partition coefficient (Wildman–Crippen LogP) is 3.89. The molecule has 3 aliphatic carbocycles. The molecule has 0 aromatic heterocycles. The number of imide groups is 1. The molecule has 0 bridgehead atoms. The fraction of sp³-hybridized carbons (Fsp3) is 0.303. The Morgan fingerprint density at radius 3 is 2.34 bits per heavy atom. The first-order chi connectivity index (χ1) is 19.7. The summed E-state index contributed by atoms with van der Waals surface area (Å²) in [5.74, 6) is -2.81. The topological polar surface area (TPSA) is 118 Å². The fourth-order valence-electron chi connectivity index (χ4n) is 6.76. The number of rotatable bonds is 6. The van der Waals surface area contributed by atoms with E-state index in [1.807, 2.05) is 18.2 Å². The summed E-state index contributed by atoms with van der Waals surface area (Å²) >= 11 is 0. The van der Waals surface area contributed by atoms with Gasteiger partial charge in [0.1, 0.15) is 12.4 Å². The van der Waals surface area contributed by atoms with E-state index < -0.39 is 23.7 Å². The van der Waals surface area contributed by atoms with Crippen molar-refractivity contribution in [2.24, 2.45) is 17.8 Å². The van der Waals surface area contributed by atoms with E-state index in [9.17, 15) is 24.0 Å². The Labute approximate surface area is 237 Å². The molecule has 41 heavy (non-hydrogen) atoms. The summed E-state index contributed by atoms with van der Waals surface area (Å²) < 4.78 is 5.51. The molecule has 0 saturated carbocycles. The van der Waals surface area contributed by atoms with Crippen LogP contribution in [0.1, 0.15) is 48.5 Å². The van der Waals surface area contributed by atoms with Crippen molar-refractivity contribution in [3.8, 4) is 5.75 Å².